The van der Waals surface area contributed by atoms with Gasteiger partial charge < -0.3 is 15.4 Å². The summed E-state index contributed by atoms with van der Waals surface area (Å²) < 4.78 is 5.11. The molecule has 0 spiro atoms. The van der Waals surface area contributed by atoms with Crippen molar-refractivity contribution >= 4 is 17.2 Å². The summed E-state index contributed by atoms with van der Waals surface area (Å²) in [7, 11) is 3.50. The van der Waals surface area contributed by atoms with Crippen LogP contribution < -0.4 is 15.4 Å². The molecule has 17 heavy (non-hydrogen) atoms. The minimum atomic E-state index is 0.837. The molecule has 0 atom stereocenters. The van der Waals surface area contributed by atoms with Gasteiger partial charge in [-0.1, -0.05) is 0 Å². The van der Waals surface area contributed by atoms with Crippen LogP contribution in [0.4, 0.5) is 17.2 Å². The van der Waals surface area contributed by atoms with Crippen LogP contribution in [0.2, 0.25) is 0 Å². The highest BCUT2D eigenvalue weighted by molar-refractivity contribution is 5.62. The molecule has 0 fully saturated rings. The molecule has 4 nitrogen and oxygen atoms in total. The van der Waals surface area contributed by atoms with Crippen molar-refractivity contribution in [2.24, 2.45) is 0 Å². The van der Waals surface area contributed by atoms with E-state index in [4.69, 9.17) is 4.74 Å². The van der Waals surface area contributed by atoms with E-state index < -0.39 is 0 Å². The van der Waals surface area contributed by atoms with Crippen LogP contribution in [0.1, 0.15) is 0 Å². The Morgan fingerprint density at radius 2 is 1.82 bits per heavy atom. The third-order valence-electron chi connectivity index (χ3n) is 2.39. The second-order valence-electron chi connectivity index (χ2n) is 3.53. The number of aromatic nitrogens is 1. The lowest BCUT2D eigenvalue weighted by Gasteiger charge is -2.08. The van der Waals surface area contributed by atoms with E-state index in [1.54, 1.807) is 13.3 Å². The molecule has 0 bridgehead atoms. The molecule has 0 saturated carbocycles. The van der Waals surface area contributed by atoms with Gasteiger partial charge in [0.05, 0.1) is 7.11 Å². The van der Waals surface area contributed by atoms with Gasteiger partial charge in [-0.2, -0.15) is 0 Å². The van der Waals surface area contributed by atoms with Gasteiger partial charge in [0, 0.05) is 30.7 Å². The Bertz CT molecular complexity index is 482. The molecule has 0 aliphatic carbocycles. The van der Waals surface area contributed by atoms with Crippen LogP contribution in [0, 0.1) is 0 Å². The fraction of sp³-hybridized carbons (Fsp3) is 0.154. The van der Waals surface area contributed by atoms with Crippen LogP contribution in [0.15, 0.2) is 42.6 Å². The zero-order chi connectivity index (χ0) is 12.1. The van der Waals surface area contributed by atoms with E-state index >= 15 is 0 Å². The maximum absolute atomic E-state index is 5.11. The maximum Gasteiger partial charge on any atom is 0.127 e. The molecule has 0 amide bonds. The Balaban J connectivity index is 2.13. The van der Waals surface area contributed by atoms with E-state index in [1.807, 2.05) is 43.4 Å². The van der Waals surface area contributed by atoms with Gasteiger partial charge >= 0.3 is 0 Å². The van der Waals surface area contributed by atoms with Crippen LogP contribution >= 0.6 is 0 Å². The number of rotatable bonds is 4. The number of hydrogen-bond acceptors (Lipinski definition) is 4. The molecular formula is C13H15N3O. The van der Waals surface area contributed by atoms with Crippen LogP contribution in [0.25, 0.3) is 0 Å². The topological polar surface area (TPSA) is 46.2 Å². The molecule has 4 heteroatoms. The normalized spacial score (nSPS) is 9.76. The number of ether oxygens (including phenoxy) is 1. The first kappa shape index (κ1) is 11.3. The summed E-state index contributed by atoms with van der Waals surface area (Å²) in [4.78, 5) is 4.16. The van der Waals surface area contributed by atoms with Crippen molar-refractivity contribution in [3.63, 3.8) is 0 Å². The lowest BCUT2D eigenvalue weighted by molar-refractivity contribution is 0.415. The van der Waals surface area contributed by atoms with E-state index in [-0.39, 0.29) is 0 Å². The number of methoxy groups -OCH3 is 1. The fourth-order valence-corrected chi connectivity index (χ4v) is 1.49. The Morgan fingerprint density at radius 3 is 2.47 bits per heavy atom. The molecular weight excluding hydrogens is 214 g/mol. The highest BCUT2D eigenvalue weighted by Gasteiger charge is 1.97. The van der Waals surface area contributed by atoms with Gasteiger partial charge in [0.1, 0.15) is 11.6 Å². The number of anilines is 3. The maximum atomic E-state index is 5.11. The molecule has 0 radical (unpaired) electrons. The molecule has 0 unspecified atom stereocenters. The highest BCUT2D eigenvalue weighted by atomic mass is 16.5. The molecule has 1 aromatic heterocycles. The second-order valence-corrected chi connectivity index (χ2v) is 3.53. The summed E-state index contributed by atoms with van der Waals surface area (Å²) >= 11 is 0. The summed E-state index contributed by atoms with van der Waals surface area (Å²) in [5.41, 5.74) is 2.01. The van der Waals surface area contributed by atoms with Gasteiger partial charge in [-0.05, 0) is 30.3 Å². The summed E-state index contributed by atoms with van der Waals surface area (Å²) in [5.74, 6) is 1.68. The zero-order valence-electron chi connectivity index (χ0n) is 9.90. The quantitative estimate of drug-likeness (QED) is 0.846. The van der Waals surface area contributed by atoms with Crippen LogP contribution in [0.3, 0.4) is 0 Å². The third kappa shape index (κ3) is 2.87. The van der Waals surface area contributed by atoms with Crippen molar-refractivity contribution in [2.75, 3.05) is 24.8 Å². The smallest absolute Gasteiger partial charge is 0.127 e. The van der Waals surface area contributed by atoms with E-state index in [0.29, 0.717) is 0 Å². The van der Waals surface area contributed by atoms with Crippen molar-refractivity contribution in [3.05, 3.63) is 42.6 Å². The molecule has 88 valence electrons. The van der Waals surface area contributed by atoms with E-state index in [2.05, 4.69) is 15.6 Å². The Hall–Kier alpha value is -2.23. The van der Waals surface area contributed by atoms with Crippen molar-refractivity contribution < 1.29 is 4.74 Å². The molecule has 0 saturated heterocycles. The molecule has 1 heterocycles. The van der Waals surface area contributed by atoms with Gasteiger partial charge in [-0.15, -0.1) is 0 Å². The lowest BCUT2D eigenvalue weighted by atomic mass is 10.3. The first-order valence-corrected chi connectivity index (χ1v) is 5.36. The molecule has 0 aliphatic rings. The zero-order valence-corrected chi connectivity index (χ0v) is 9.90. The van der Waals surface area contributed by atoms with Crippen LogP contribution in [-0.4, -0.2) is 19.1 Å². The number of hydrogen-bond donors (Lipinski definition) is 2. The van der Waals surface area contributed by atoms with E-state index in [9.17, 15) is 0 Å². The summed E-state index contributed by atoms with van der Waals surface area (Å²) in [6.07, 6.45) is 1.76. The monoisotopic (exact) mass is 229 g/mol. The number of benzene rings is 1. The Labute approximate surface area is 101 Å². The fourth-order valence-electron chi connectivity index (χ4n) is 1.49. The van der Waals surface area contributed by atoms with Crippen molar-refractivity contribution in [2.45, 2.75) is 0 Å². The summed E-state index contributed by atoms with van der Waals surface area (Å²) in [6, 6.07) is 11.6. The van der Waals surface area contributed by atoms with Gasteiger partial charge in [-0.3, -0.25) is 0 Å². The van der Waals surface area contributed by atoms with Crippen LogP contribution in [0.5, 0.6) is 5.75 Å². The molecule has 2 rings (SSSR count). The molecule has 2 aromatic rings. The first-order chi connectivity index (χ1) is 8.31. The molecule has 0 aliphatic heterocycles. The van der Waals surface area contributed by atoms with E-state index in [0.717, 1.165) is 22.9 Å². The standard InChI is InChI=1S/C13H15N3O/c1-14-13-9-11(7-8-15-13)16-10-3-5-12(17-2)6-4-10/h3-9H,1-2H3,(H2,14,15,16). The summed E-state index contributed by atoms with van der Waals surface area (Å²) in [5, 5.41) is 6.29. The SMILES string of the molecule is CNc1cc(Nc2ccc(OC)cc2)ccn1. The second kappa shape index (κ2) is 5.21. The van der Waals surface area contributed by atoms with Crippen molar-refractivity contribution in [3.8, 4) is 5.75 Å². The Morgan fingerprint density at radius 1 is 1.06 bits per heavy atom. The summed E-state index contributed by atoms with van der Waals surface area (Å²) in [6.45, 7) is 0. The predicted molar refractivity (Wildman–Crippen MR) is 70.1 cm³/mol. The van der Waals surface area contributed by atoms with Gasteiger partial charge in [0.2, 0.25) is 0 Å². The molecule has 2 N–H and O–H groups in total. The largest absolute Gasteiger partial charge is 0.497 e. The minimum Gasteiger partial charge on any atom is -0.497 e. The van der Waals surface area contributed by atoms with Gasteiger partial charge in [0.25, 0.3) is 0 Å². The third-order valence-corrected chi connectivity index (χ3v) is 2.39. The van der Waals surface area contributed by atoms with Crippen LogP contribution in [-0.2, 0) is 0 Å². The number of nitrogens with zero attached hydrogens (tertiary/aromatic N) is 1. The number of nitrogens with one attached hydrogen (secondary N) is 2. The average molecular weight is 229 g/mol. The van der Waals surface area contributed by atoms with Gasteiger partial charge in [-0.25, -0.2) is 4.98 Å². The number of pyridine rings is 1. The van der Waals surface area contributed by atoms with Crippen molar-refractivity contribution in [1.29, 1.82) is 0 Å². The highest BCUT2D eigenvalue weighted by Crippen LogP contribution is 2.20. The lowest BCUT2D eigenvalue weighted by Crippen LogP contribution is -1.95. The van der Waals surface area contributed by atoms with E-state index in [1.165, 1.54) is 0 Å². The average Bonchev–Trinajstić information content (AvgIpc) is 2.40. The minimum absolute atomic E-state index is 0.837. The van der Waals surface area contributed by atoms with Crippen molar-refractivity contribution in [1.82, 2.24) is 4.98 Å². The Kier molecular flexibility index (Phi) is 3.45. The van der Waals surface area contributed by atoms with Gasteiger partial charge in [0.15, 0.2) is 0 Å². The molecule has 1 aromatic carbocycles. The first-order valence-electron chi connectivity index (χ1n) is 5.36. The predicted octanol–water partition coefficient (Wildman–Crippen LogP) is 2.88.